The fourth-order valence-corrected chi connectivity index (χ4v) is 2.07. The summed E-state index contributed by atoms with van der Waals surface area (Å²) in [6.45, 7) is 8.34. The maximum absolute atomic E-state index is 11.6. The van der Waals surface area contributed by atoms with Crippen molar-refractivity contribution in [3.63, 3.8) is 0 Å². The van der Waals surface area contributed by atoms with Crippen molar-refractivity contribution in [2.24, 2.45) is 4.99 Å². The number of amidine groups is 1. The van der Waals surface area contributed by atoms with Crippen molar-refractivity contribution in [1.82, 2.24) is 10.3 Å². The third kappa shape index (κ3) is 3.89. The number of esters is 1. The Morgan fingerprint density at radius 1 is 1.53 bits per heavy atom. The molecule has 0 bridgehead atoms. The average Bonchev–Trinajstić information content (AvgIpc) is 2.95. The lowest BCUT2D eigenvalue weighted by molar-refractivity contribution is -0.138. The van der Waals surface area contributed by atoms with E-state index in [1.54, 1.807) is 13.1 Å². The molecule has 2 heterocycles. The second-order valence-electron chi connectivity index (χ2n) is 3.45. The Balaban J connectivity index is 0.000000861. The summed E-state index contributed by atoms with van der Waals surface area (Å²) >= 11 is 1.51. The van der Waals surface area contributed by atoms with Crippen LogP contribution in [-0.2, 0) is 9.53 Å². The highest BCUT2D eigenvalue weighted by molar-refractivity contribution is 7.11. The van der Waals surface area contributed by atoms with E-state index >= 15 is 0 Å². The fourth-order valence-electron chi connectivity index (χ4n) is 1.47. The van der Waals surface area contributed by atoms with Crippen LogP contribution in [0.3, 0.4) is 0 Å². The lowest BCUT2D eigenvalue weighted by atomic mass is 10.2. The molecule has 0 unspecified atom stereocenters. The first-order valence-electron chi connectivity index (χ1n) is 6.30. The number of carbonyl (C=O) groups excluding carboxylic acids is 1. The topological polar surface area (TPSA) is 63.6 Å². The lowest BCUT2D eigenvalue weighted by Gasteiger charge is -2.17. The number of rotatable bonds is 3. The highest BCUT2D eigenvalue weighted by Crippen LogP contribution is 2.14. The summed E-state index contributed by atoms with van der Waals surface area (Å²) in [5.74, 6) is 0.407. The van der Waals surface area contributed by atoms with Crippen molar-refractivity contribution in [3.8, 4) is 0 Å². The van der Waals surface area contributed by atoms with Crippen LogP contribution in [-0.4, -0.2) is 29.9 Å². The largest absolute Gasteiger partial charge is 0.463 e. The molecule has 1 N–H and O–H groups in total. The van der Waals surface area contributed by atoms with Crippen LogP contribution in [0.5, 0.6) is 0 Å². The summed E-state index contributed by atoms with van der Waals surface area (Å²) in [5.41, 5.74) is 1.36. The Hall–Kier alpha value is -1.69. The predicted octanol–water partition coefficient (Wildman–Crippen LogP) is 2.36. The summed E-state index contributed by atoms with van der Waals surface area (Å²) in [4.78, 5) is 20.1. The molecule has 1 aliphatic rings. The predicted molar refractivity (Wildman–Crippen MR) is 77.3 cm³/mol. The molecule has 0 saturated carbocycles. The van der Waals surface area contributed by atoms with E-state index in [9.17, 15) is 4.79 Å². The minimum Gasteiger partial charge on any atom is -0.463 e. The first-order valence-corrected chi connectivity index (χ1v) is 7.18. The van der Waals surface area contributed by atoms with Gasteiger partial charge in [0.05, 0.1) is 18.7 Å². The fraction of sp³-hybridized carbons (Fsp3) is 0.462. The molecular weight excluding hydrogens is 262 g/mol. The Bertz CT molecular complexity index is 478. The monoisotopic (exact) mass is 281 g/mol. The minimum absolute atomic E-state index is 0.306. The standard InChI is InChI=1S/C11H13N3O2S.C2H6/c1-3-16-11(15)8-6-13-9(14-7(8)2)10-12-4-5-17-10;1-2/h4-5H,3,6H2,1-2H3,(H,13,14);1-2H3. The van der Waals surface area contributed by atoms with Gasteiger partial charge in [0.25, 0.3) is 0 Å². The summed E-state index contributed by atoms with van der Waals surface area (Å²) in [6, 6.07) is 0. The van der Waals surface area contributed by atoms with Gasteiger partial charge in [0.1, 0.15) is 0 Å². The van der Waals surface area contributed by atoms with Crippen molar-refractivity contribution in [2.75, 3.05) is 13.2 Å². The summed E-state index contributed by atoms with van der Waals surface area (Å²) in [6.07, 6.45) is 1.73. The normalized spacial score (nSPS) is 14.0. The molecule has 1 aromatic rings. The molecular formula is C13H19N3O2S. The molecule has 0 saturated heterocycles. The van der Waals surface area contributed by atoms with Gasteiger partial charge in [-0.1, -0.05) is 13.8 Å². The Morgan fingerprint density at radius 2 is 2.26 bits per heavy atom. The quantitative estimate of drug-likeness (QED) is 0.864. The van der Waals surface area contributed by atoms with Crippen LogP contribution < -0.4 is 5.32 Å². The smallest absolute Gasteiger partial charge is 0.337 e. The van der Waals surface area contributed by atoms with Gasteiger partial charge in [-0.05, 0) is 13.8 Å². The van der Waals surface area contributed by atoms with E-state index in [0.29, 0.717) is 24.6 Å². The van der Waals surface area contributed by atoms with E-state index in [-0.39, 0.29) is 5.97 Å². The zero-order chi connectivity index (χ0) is 14.3. The molecule has 0 spiro atoms. The SMILES string of the molecule is CC.CCOC(=O)C1=C(C)NC(c2nccs2)=NC1. The number of aromatic nitrogens is 1. The molecule has 0 atom stereocenters. The highest BCUT2D eigenvalue weighted by Gasteiger charge is 2.20. The Kier molecular flexibility index (Phi) is 6.21. The summed E-state index contributed by atoms with van der Waals surface area (Å²) in [5, 5.41) is 5.80. The van der Waals surface area contributed by atoms with Crippen LogP contribution in [0.4, 0.5) is 0 Å². The number of aliphatic imine (C=N–C) groups is 1. The molecule has 0 fully saturated rings. The van der Waals surface area contributed by atoms with Crippen molar-refractivity contribution in [1.29, 1.82) is 0 Å². The van der Waals surface area contributed by atoms with Gasteiger partial charge in [-0.15, -0.1) is 11.3 Å². The zero-order valence-electron chi connectivity index (χ0n) is 11.7. The molecule has 1 aromatic heterocycles. The maximum Gasteiger partial charge on any atom is 0.337 e. The molecule has 0 aliphatic carbocycles. The molecule has 104 valence electrons. The number of hydrogen-bond donors (Lipinski definition) is 1. The van der Waals surface area contributed by atoms with Gasteiger partial charge in [0.2, 0.25) is 0 Å². The van der Waals surface area contributed by atoms with E-state index in [1.165, 1.54) is 11.3 Å². The highest BCUT2D eigenvalue weighted by atomic mass is 32.1. The van der Waals surface area contributed by atoms with Gasteiger partial charge < -0.3 is 10.1 Å². The number of thiazole rings is 1. The van der Waals surface area contributed by atoms with Crippen molar-refractivity contribution < 1.29 is 9.53 Å². The number of hydrogen-bond acceptors (Lipinski definition) is 6. The molecule has 6 heteroatoms. The van der Waals surface area contributed by atoms with Crippen LogP contribution in [0.15, 0.2) is 27.8 Å². The second-order valence-corrected chi connectivity index (χ2v) is 4.35. The van der Waals surface area contributed by atoms with E-state index in [4.69, 9.17) is 4.74 Å². The van der Waals surface area contributed by atoms with Crippen molar-refractivity contribution in [2.45, 2.75) is 27.7 Å². The van der Waals surface area contributed by atoms with Crippen molar-refractivity contribution in [3.05, 3.63) is 27.9 Å². The van der Waals surface area contributed by atoms with E-state index < -0.39 is 0 Å². The molecule has 1 aliphatic heterocycles. The first kappa shape index (κ1) is 15.4. The van der Waals surface area contributed by atoms with Crippen molar-refractivity contribution >= 4 is 23.1 Å². The minimum atomic E-state index is -0.306. The zero-order valence-corrected chi connectivity index (χ0v) is 12.5. The van der Waals surface area contributed by atoms with Gasteiger partial charge in [0, 0.05) is 17.3 Å². The maximum atomic E-state index is 11.6. The van der Waals surface area contributed by atoms with Crippen LogP contribution in [0.25, 0.3) is 0 Å². The molecule has 0 amide bonds. The molecule has 0 radical (unpaired) electrons. The van der Waals surface area contributed by atoms with Crippen LogP contribution in [0.1, 0.15) is 32.7 Å². The number of allylic oxidation sites excluding steroid dienone is 1. The number of nitrogens with one attached hydrogen (secondary N) is 1. The third-order valence-corrected chi connectivity index (χ3v) is 3.09. The molecule has 0 aromatic carbocycles. The third-order valence-electron chi connectivity index (χ3n) is 2.31. The van der Waals surface area contributed by atoms with E-state index in [2.05, 4.69) is 15.3 Å². The number of carbonyl (C=O) groups is 1. The van der Waals surface area contributed by atoms with E-state index in [0.717, 1.165) is 10.7 Å². The van der Waals surface area contributed by atoms with Crippen LogP contribution in [0, 0.1) is 0 Å². The van der Waals surface area contributed by atoms with Gasteiger partial charge in [-0.3, -0.25) is 4.99 Å². The first-order chi connectivity index (χ1) is 9.22. The van der Waals surface area contributed by atoms with Crippen LogP contribution >= 0.6 is 11.3 Å². The van der Waals surface area contributed by atoms with Gasteiger partial charge >= 0.3 is 5.97 Å². The average molecular weight is 281 g/mol. The summed E-state index contributed by atoms with van der Waals surface area (Å²) < 4.78 is 4.96. The number of ether oxygens (including phenoxy) is 1. The van der Waals surface area contributed by atoms with Gasteiger partial charge in [0.15, 0.2) is 10.8 Å². The van der Waals surface area contributed by atoms with Gasteiger partial charge in [-0.25, -0.2) is 9.78 Å². The van der Waals surface area contributed by atoms with E-state index in [1.807, 2.05) is 26.2 Å². The summed E-state index contributed by atoms with van der Waals surface area (Å²) in [7, 11) is 0. The van der Waals surface area contributed by atoms with Gasteiger partial charge in [-0.2, -0.15) is 0 Å². The van der Waals surface area contributed by atoms with Crippen LogP contribution in [0.2, 0.25) is 0 Å². The Labute approximate surface area is 117 Å². The second kappa shape index (κ2) is 7.68. The lowest BCUT2D eigenvalue weighted by Crippen LogP contribution is -2.31. The molecule has 5 nitrogen and oxygen atoms in total. The molecule has 2 rings (SSSR count). The molecule has 19 heavy (non-hydrogen) atoms. The number of nitrogens with zero attached hydrogens (tertiary/aromatic N) is 2. The Morgan fingerprint density at radius 3 is 2.79 bits per heavy atom.